The standard InChI is InChI=1S/C18H23BrN4O3/c19-13-1-3-14(4-2-13)20-16(24)7-8-22-9-11-23(12-10-22)18(26)17(25)21-15-5-6-15/h1-4,15H,5-12H2,(H,20,24)(H,21,25). The van der Waals surface area contributed by atoms with Crippen LogP contribution in [0.2, 0.25) is 0 Å². The lowest BCUT2D eigenvalue weighted by atomic mass is 10.2. The van der Waals surface area contributed by atoms with E-state index in [0.29, 0.717) is 39.1 Å². The number of halogens is 1. The number of rotatable bonds is 5. The molecule has 26 heavy (non-hydrogen) atoms. The van der Waals surface area contributed by atoms with Gasteiger partial charge in [0.05, 0.1) is 0 Å². The summed E-state index contributed by atoms with van der Waals surface area (Å²) in [5, 5.41) is 5.60. The van der Waals surface area contributed by atoms with Crippen molar-refractivity contribution in [1.82, 2.24) is 15.1 Å². The molecule has 1 aromatic carbocycles. The molecule has 0 aromatic heterocycles. The van der Waals surface area contributed by atoms with Crippen molar-refractivity contribution in [2.45, 2.75) is 25.3 Å². The predicted molar refractivity (Wildman–Crippen MR) is 102 cm³/mol. The van der Waals surface area contributed by atoms with E-state index in [1.165, 1.54) is 0 Å². The lowest BCUT2D eigenvalue weighted by molar-refractivity contribution is -0.147. The Labute approximate surface area is 161 Å². The van der Waals surface area contributed by atoms with Crippen LogP contribution in [-0.4, -0.2) is 66.3 Å². The summed E-state index contributed by atoms with van der Waals surface area (Å²) in [5.74, 6) is -0.964. The van der Waals surface area contributed by atoms with E-state index >= 15 is 0 Å². The number of carbonyl (C=O) groups is 3. The highest BCUT2D eigenvalue weighted by molar-refractivity contribution is 9.10. The first kappa shape index (κ1) is 18.8. The highest BCUT2D eigenvalue weighted by Gasteiger charge is 2.30. The average molecular weight is 423 g/mol. The van der Waals surface area contributed by atoms with Gasteiger partial charge in [0.1, 0.15) is 0 Å². The predicted octanol–water partition coefficient (Wildman–Crippen LogP) is 1.20. The van der Waals surface area contributed by atoms with Gasteiger partial charge in [-0.15, -0.1) is 0 Å². The van der Waals surface area contributed by atoms with Crippen LogP contribution in [0.25, 0.3) is 0 Å². The maximum absolute atomic E-state index is 12.1. The molecule has 0 radical (unpaired) electrons. The molecule has 0 bridgehead atoms. The van der Waals surface area contributed by atoms with Crippen LogP contribution in [0, 0.1) is 0 Å². The lowest BCUT2D eigenvalue weighted by Crippen LogP contribution is -2.53. The van der Waals surface area contributed by atoms with Crippen molar-refractivity contribution in [3.8, 4) is 0 Å². The number of hydrogen-bond donors (Lipinski definition) is 2. The minimum Gasteiger partial charge on any atom is -0.345 e. The molecule has 140 valence electrons. The molecular weight excluding hydrogens is 400 g/mol. The Hall–Kier alpha value is -1.93. The van der Waals surface area contributed by atoms with E-state index in [1.54, 1.807) is 4.90 Å². The summed E-state index contributed by atoms with van der Waals surface area (Å²) < 4.78 is 0.966. The Balaban J connectivity index is 1.35. The third-order valence-electron chi connectivity index (χ3n) is 4.55. The Morgan fingerprint density at radius 1 is 1.04 bits per heavy atom. The molecule has 3 amide bonds. The largest absolute Gasteiger partial charge is 0.345 e. The number of benzene rings is 1. The summed E-state index contributed by atoms with van der Waals surface area (Å²) in [7, 11) is 0. The van der Waals surface area contributed by atoms with Crippen LogP contribution < -0.4 is 10.6 Å². The number of hydrogen-bond acceptors (Lipinski definition) is 4. The second kappa shape index (κ2) is 8.64. The van der Waals surface area contributed by atoms with Crippen molar-refractivity contribution in [2.24, 2.45) is 0 Å². The molecule has 2 fully saturated rings. The summed E-state index contributed by atoms with van der Waals surface area (Å²) in [4.78, 5) is 39.7. The van der Waals surface area contributed by atoms with Crippen LogP contribution in [0.3, 0.4) is 0 Å². The summed E-state index contributed by atoms with van der Waals surface area (Å²) in [6.45, 7) is 3.02. The lowest BCUT2D eigenvalue weighted by Gasteiger charge is -2.34. The smallest absolute Gasteiger partial charge is 0.311 e. The molecule has 1 aromatic rings. The Bertz CT molecular complexity index is 668. The normalized spacial score (nSPS) is 17.7. The van der Waals surface area contributed by atoms with Gasteiger partial charge >= 0.3 is 11.8 Å². The number of carbonyl (C=O) groups excluding carboxylic acids is 3. The van der Waals surface area contributed by atoms with Crippen molar-refractivity contribution in [3.05, 3.63) is 28.7 Å². The highest BCUT2D eigenvalue weighted by Crippen LogP contribution is 2.18. The third kappa shape index (κ3) is 5.54. The van der Waals surface area contributed by atoms with Crippen LogP contribution >= 0.6 is 15.9 Å². The van der Waals surface area contributed by atoms with Crippen LogP contribution in [0.1, 0.15) is 19.3 Å². The van der Waals surface area contributed by atoms with Crippen molar-refractivity contribution >= 4 is 39.3 Å². The molecule has 1 saturated heterocycles. The minimum absolute atomic E-state index is 0.0327. The Morgan fingerprint density at radius 3 is 2.31 bits per heavy atom. The quantitative estimate of drug-likeness (QED) is 0.698. The second-order valence-electron chi connectivity index (χ2n) is 6.69. The molecule has 2 aliphatic rings. The number of amides is 3. The van der Waals surface area contributed by atoms with Gasteiger partial charge < -0.3 is 15.5 Å². The fourth-order valence-corrected chi connectivity index (χ4v) is 3.07. The molecule has 1 aliphatic heterocycles. The average Bonchev–Trinajstić information content (AvgIpc) is 3.46. The Kier molecular flexibility index (Phi) is 6.26. The van der Waals surface area contributed by atoms with E-state index in [0.717, 1.165) is 23.0 Å². The highest BCUT2D eigenvalue weighted by atomic mass is 79.9. The molecule has 1 aliphatic carbocycles. The first-order chi connectivity index (χ1) is 12.5. The van der Waals surface area contributed by atoms with Crippen molar-refractivity contribution < 1.29 is 14.4 Å². The zero-order valence-corrected chi connectivity index (χ0v) is 16.1. The molecular formula is C18H23BrN4O3. The zero-order valence-electron chi connectivity index (χ0n) is 14.5. The Morgan fingerprint density at radius 2 is 1.69 bits per heavy atom. The topological polar surface area (TPSA) is 81.8 Å². The number of nitrogens with one attached hydrogen (secondary N) is 2. The van der Waals surface area contributed by atoms with Gasteiger partial charge in [0.15, 0.2) is 0 Å². The molecule has 7 nitrogen and oxygen atoms in total. The van der Waals surface area contributed by atoms with Crippen molar-refractivity contribution in [3.63, 3.8) is 0 Å². The van der Waals surface area contributed by atoms with Crippen LogP contribution in [0.5, 0.6) is 0 Å². The molecule has 0 spiro atoms. The summed E-state index contributed by atoms with van der Waals surface area (Å²) in [5.41, 5.74) is 0.773. The molecule has 2 N–H and O–H groups in total. The molecule has 1 saturated carbocycles. The maximum atomic E-state index is 12.1. The molecule has 0 unspecified atom stereocenters. The van der Waals surface area contributed by atoms with Gasteiger partial charge in [-0.2, -0.15) is 0 Å². The summed E-state index contributed by atoms with van der Waals surface area (Å²) in [6, 6.07) is 7.64. The second-order valence-corrected chi connectivity index (χ2v) is 7.60. The van der Waals surface area contributed by atoms with Gasteiger partial charge in [-0.05, 0) is 37.1 Å². The fraction of sp³-hybridized carbons (Fsp3) is 0.500. The van der Waals surface area contributed by atoms with Crippen LogP contribution in [0.15, 0.2) is 28.7 Å². The van der Waals surface area contributed by atoms with Gasteiger partial charge in [0.25, 0.3) is 0 Å². The van der Waals surface area contributed by atoms with Crippen LogP contribution in [0.4, 0.5) is 5.69 Å². The van der Waals surface area contributed by atoms with Crippen molar-refractivity contribution in [1.29, 1.82) is 0 Å². The van der Waals surface area contributed by atoms with Gasteiger partial charge in [-0.1, -0.05) is 15.9 Å². The van der Waals surface area contributed by atoms with Crippen molar-refractivity contribution in [2.75, 3.05) is 38.0 Å². The first-order valence-electron chi connectivity index (χ1n) is 8.89. The zero-order chi connectivity index (χ0) is 18.5. The van der Waals surface area contributed by atoms with E-state index < -0.39 is 11.8 Å². The number of anilines is 1. The van der Waals surface area contributed by atoms with Crippen LogP contribution in [-0.2, 0) is 14.4 Å². The maximum Gasteiger partial charge on any atom is 0.311 e. The van der Waals surface area contributed by atoms with E-state index in [4.69, 9.17) is 0 Å². The number of piperazine rings is 1. The minimum atomic E-state index is -0.491. The van der Waals surface area contributed by atoms with Gasteiger partial charge in [0.2, 0.25) is 5.91 Å². The molecule has 1 heterocycles. The first-order valence-corrected chi connectivity index (χ1v) is 9.68. The monoisotopic (exact) mass is 422 g/mol. The molecule has 8 heteroatoms. The molecule has 3 rings (SSSR count). The van der Waals surface area contributed by atoms with E-state index in [9.17, 15) is 14.4 Å². The van der Waals surface area contributed by atoms with E-state index in [-0.39, 0.29) is 11.9 Å². The SMILES string of the molecule is O=C(CCN1CCN(C(=O)C(=O)NC2CC2)CC1)Nc1ccc(Br)cc1. The van der Waals surface area contributed by atoms with Gasteiger partial charge in [-0.25, -0.2) is 0 Å². The van der Waals surface area contributed by atoms with E-state index in [2.05, 4.69) is 31.5 Å². The third-order valence-corrected chi connectivity index (χ3v) is 5.08. The summed E-state index contributed by atoms with van der Waals surface area (Å²) in [6.07, 6.45) is 2.33. The van der Waals surface area contributed by atoms with Gasteiger partial charge in [-0.3, -0.25) is 19.3 Å². The van der Waals surface area contributed by atoms with E-state index in [1.807, 2.05) is 24.3 Å². The summed E-state index contributed by atoms with van der Waals surface area (Å²) >= 11 is 3.36. The fourth-order valence-electron chi connectivity index (χ4n) is 2.81. The van der Waals surface area contributed by atoms with Gasteiger partial charge in [0, 0.05) is 55.3 Å². The number of nitrogens with zero attached hydrogens (tertiary/aromatic N) is 2. The molecule has 0 atom stereocenters.